The van der Waals surface area contributed by atoms with E-state index in [1.807, 2.05) is 32.0 Å². The number of rotatable bonds is 10. The lowest BCUT2D eigenvalue weighted by Gasteiger charge is -2.43. The number of hydrogen-bond acceptors (Lipinski definition) is 2. The smallest absolute Gasteiger partial charge is 0.123 e. The molecule has 0 aliphatic carbocycles. The first-order valence-corrected chi connectivity index (χ1v) is 10.9. The highest BCUT2D eigenvalue weighted by molar-refractivity contribution is 5.21. The zero-order valence-electron chi connectivity index (χ0n) is 18.3. The summed E-state index contributed by atoms with van der Waals surface area (Å²) in [5.41, 5.74) is 2.19. The maximum atomic E-state index is 13.5. The van der Waals surface area contributed by atoms with Gasteiger partial charge in [-0.3, -0.25) is 4.90 Å². The SMILES string of the molecule is CCC(O)(CC)[C@@H](Cc1ccccc1)N(Cc1ccc(F)cc1)Cc1ccc(F)cc1. The molecule has 0 unspecified atom stereocenters. The van der Waals surface area contributed by atoms with Crippen molar-refractivity contribution >= 4 is 0 Å². The van der Waals surface area contributed by atoms with Gasteiger partial charge in [0.15, 0.2) is 0 Å². The van der Waals surface area contributed by atoms with E-state index >= 15 is 0 Å². The summed E-state index contributed by atoms with van der Waals surface area (Å²) in [6.45, 7) is 5.12. The zero-order valence-corrected chi connectivity index (χ0v) is 18.3. The minimum atomic E-state index is -0.893. The zero-order chi connectivity index (χ0) is 22.3. The first-order valence-electron chi connectivity index (χ1n) is 10.9. The van der Waals surface area contributed by atoms with Crippen LogP contribution in [0.3, 0.4) is 0 Å². The molecule has 0 heterocycles. The normalized spacial score (nSPS) is 12.8. The van der Waals surface area contributed by atoms with Gasteiger partial charge in [0, 0.05) is 19.1 Å². The molecule has 31 heavy (non-hydrogen) atoms. The Bertz CT molecular complexity index is 874. The van der Waals surface area contributed by atoms with E-state index in [0.717, 1.165) is 16.7 Å². The fourth-order valence-electron chi connectivity index (χ4n) is 4.14. The van der Waals surface area contributed by atoms with Gasteiger partial charge in [0.05, 0.1) is 5.60 Å². The lowest BCUT2D eigenvalue weighted by molar-refractivity contribution is -0.0598. The second-order valence-electron chi connectivity index (χ2n) is 8.17. The van der Waals surface area contributed by atoms with Crippen LogP contribution in [0.2, 0.25) is 0 Å². The van der Waals surface area contributed by atoms with Gasteiger partial charge in [0.25, 0.3) is 0 Å². The molecule has 4 heteroatoms. The third-order valence-corrected chi connectivity index (χ3v) is 6.16. The van der Waals surface area contributed by atoms with Crippen molar-refractivity contribution in [2.45, 2.75) is 57.8 Å². The molecule has 3 aromatic rings. The summed E-state index contributed by atoms with van der Waals surface area (Å²) in [5.74, 6) is -0.540. The molecular weight excluding hydrogens is 392 g/mol. The molecule has 1 N–H and O–H groups in total. The van der Waals surface area contributed by atoms with E-state index in [4.69, 9.17) is 0 Å². The molecule has 3 aromatic carbocycles. The van der Waals surface area contributed by atoms with Gasteiger partial charge in [-0.15, -0.1) is 0 Å². The van der Waals surface area contributed by atoms with E-state index in [2.05, 4.69) is 17.0 Å². The molecule has 0 bridgehead atoms. The van der Waals surface area contributed by atoms with Crippen molar-refractivity contribution in [1.82, 2.24) is 4.90 Å². The first kappa shape index (κ1) is 23.1. The molecule has 3 rings (SSSR count). The number of aliphatic hydroxyl groups is 1. The topological polar surface area (TPSA) is 23.5 Å². The van der Waals surface area contributed by atoms with Gasteiger partial charge >= 0.3 is 0 Å². The van der Waals surface area contributed by atoms with Crippen LogP contribution in [-0.4, -0.2) is 21.6 Å². The van der Waals surface area contributed by atoms with Crippen LogP contribution in [0.25, 0.3) is 0 Å². The fraction of sp³-hybridized carbons (Fsp3) is 0.333. The van der Waals surface area contributed by atoms with Gasteiger partial charge in [-0.25, -0.2) is 8.78 Å². The predicted molar refractivity (Wildman–Crippen MR) is 122 cm³/mol. The Morgan fingerprint density at radius 3 is 1.58 bits per heavy atom. The second kappa shape index (κ2) is 10.7. The van der Waals surface area contributed by atoms with Crippen LogP contribution in [0.1, 0.15) is 43.4 Å². The van der Waals surface area contributed by atoms with Gasteiger partial charge < -0.3 is 5.11 Å². The Morgan fingerprint density at radius 1 is 0.710 bits per heavy atom. The fourth-order valence-corrected chi connectivity index (χ4v) is 4.14. The highest BCUT2D eigenvalue weighted by Gasteiger charge is 2.37. The molecule has 0 amide bonds. The minimum absolute atomic E-state index is 0.167. The van der Waals surface area contributed by atoms with E-state index in [1.54, 1.807) is 24.3 Å². The Labute approximate surface area is 184 Å². The molecule has 2 nitrogen and oxygen atoms in total. The summed E-state index contributed by atoms with van der Waals surface area (Å²) in [6.07, 6.45) is 1.91. The van der Waals surface area contributed by atoms with Crippen molar-refractivity contribution in [3.63, 3.8) is 0 Å². The van der Waals surface area contributed by atoms with E-state index in [0.29, 0.717) is 32.4 Å². The van der Waals surface area contributed by atoms with Crippen molar-refractivity contribution in [2.24, 2.45) is 0 Å². The molecule has 0 spiro atoms. The summed E-state index contributed by atoms with van der Waals surface area (Å²) in [7, 11) is 0. The molecule has 164 valence electrons. The van der Waals surface area contributed by atoms with Gasteiger partial charge in [-0.1, -0.05) is 68.4 Å². The molecule has 0 aliphatic heterocycles. The summed E-state index contributed by atoms with van der Waals surface area (Å²) in [5, 5.41) is 11.6. The van der Waals surface area contributed by atoms with Crippen LogP contribution in [0.5, 0.6) is 0 Å². The van der Waals surface area contributed by atoms with Crippen LogP contribution in [0.15, 0.2) is 78.9 Å². The molecule has 1 atom stereocenters. The summed E-state index contributed by atoms with van der Waals surface area (Å²) in [4.78, 5) is 2.24. The Morgan fingerprint density at radius 2 is 1.16 bits per heavy atom. The van der Waals surface area contributed by atoms with Crippen molar-refractivity contribution in [3.8, 4) is 0 Å². The van der Waals surface area contributed by atoms with Crippen molar-refractivity contribution < 1.29 is 13.9 Å². The van der Waals surface area contributed by atoms with Crippen LogP contribution < -0.4 is 0 Å². The summed E-state index contributed by atoms with van der Waals surface area (Å²) >= 11 is 0. The predicted octanol–water partition coefficient (Wildman–Crippen LogP) is 6.13. The third-order valence-electron chi connectivity index (χ3n) is 6.16. The van der Waals surface area contributed by atoms with E-state index in [1.165, 1.54) is 24.3 Å². The Hall–Kier alpha value is -2.56. The minimum Gasteiger partial charge on any atom is -0.388 e. The molecule has 0 radical (unpaired) electrons. The van der Waals surface area contributed by atoms with Crippen LogP contribution in [0, 0.1) is 11.6 Å². The number of benzene rings is 3. The van der Waals surface area contributed by atoms with E-state index in [-0.39, 0.29) is 17.7 Å². The standard InChI is InChI=1S/C27H31F2NO/c1-3-27(31,4-2)26(18-21-8-6-5-7-9-21)30(19-22-10-14-24(28)15-11-22)20-23-12-16-25(29)17-13-23/h5-17,26,31H,3-4,18-20H2,1-2H3/t26-/m1/s1. The van der Waals surface area contributed by atoms with Gasteiger partial charge in [0.1, 0.15) is 11.6 Å². The van der Waals surface area contributed by atoms with Crippen molar-refractivity contribution in [2.75, 3.05) is 0 Å². The molecule has 0 aromatic heterocycles. The van der Waals surface area contributed by atoms with Gasteiger partial charge in [-0.2, -0.15) is 0 Å². The van der Waals surface area contributed by atoms with Gasteiger partial charge in [0.2, 0.25) is 0 Å². The van der Waals surface area contributed by atoms with E-state index in [9.17, 15) is 13.9 Å². The molecule has 0 fully saturated rings. The largest absolute Gasteiger partial charge is 0.388 e. The average molecular weight is 424 g/mol. The van der Waals surface area contributed by atoms with Crippen molar-refractivity contribution in [3.05, 3.63) is 107 Å². The highest BCUT2D eigenvalue weighted by atomic mass is 19.1. The van der Waals surface area contributed by atoms with Crippen molar-refractivity contribution in [1.29, 1.82) is 0 Å². The molecule has 0 saturated heterocycles. The Balaban J connectivity index is 1.99. The molecular formula is C27H31F2NO. The third kappa shape index (κ3) is 6.22. The van der Waals surface area contributed by atoms with Crippen LogP contribution >= 0.6 is 0 Å². The summed E-state index contributed by atoms with van der Waals surface area (Å²) in [6, 6.07) is 23.0. The maximum Gasteiger partial charge on any atom is 0.123 e. The Kier molecular flexibility index (Phi) is 7.94. The lowest BCUT2D eigenvalue weighted by Crippen LogP contribution is -2.53. The van der Waals surface area contributed by atoms with Crippen LogP contribution in [-0.2, 0) is 19.5 Å². The highest BCUT2D eigenvalue weighted by Crippen LogP contribution is 2.30. The number of hydrogen-bond donors (Lipinski definition) is 1. The quantitative estimate of drug-likeness (QED) is 0.424. The monoisotopic (exact) mass is 423 g/mol. The van der Waals surface area contributed by atoms with E-state index < -0.39 is 5.60 Å². The number of halogens is 2. The average Bonchev–Trinajstić information content (AvgIpc) is 2.80. The maximum absolute atomic E-state index is 13.5. The lowest BCUT2D eigenvalue weighted by atomic mass is 9.83. The number of nitrogens with zero attached hydrogens (tertiary/aromatic N) is 1. The second-order valence-corrected chi connectivity index (χ2v) is 8.17. The summed E-state index contributed by atoms with van der Waals surface area (Å²) < 4.78 is 26.9. The molecule has 0 saturated carbocycles. The van der Waals surface area contributed by atoms with Crippen LogP contribution in [0.4, 0.5) is 8.78 Å². The first-order chi connectivity index (χ1) is 14.9. The molecule has 0 aliphatic rings. The van der Waals surface area contributed by atoms with Gasteiger partial charge in [-0.05, 0) is 60.2 Å².